The topological polar surface area (TPSA) is 316 Å². The van der Waals surface area contributed by atoms with E-state index in [0.29, 0.717) is 66.8 Å². The Labute approximate surface area is 692 Å². The number of benzene rings is 12. The lowest BCUT2D eigenvalue weighted by atomic mass is 10.1. The van der Waals surface area contributed by atoms with E-state index in [0.717, 1.165) is 66.8 Å². The van der Waals surface area contributed by atoms with E-state index >= 15 is 0 Å². The molecule has 120 heavy (non-hydrogen) atoms. The first-order chi connectivity index (χ1) is 57.4. The van der Waals surface area contributed by atoms with E-state index in [1.54, 1.807) is 270 Å². The van der Waals surface area contributed by atoms with E-state index in [4.69, 9.17) is 0 Å². The van der Waals surface area contributed by atoms with Crippen LogP contribution in [0.5, 0.6) is 0 Å². The summed E-state index contributed by atoms with van der Waals surface area (Å²) in [5.41, 5.74) is 14.9. The molecule has 12 aromatic carbocycles. The number of hydrogen-bond donors (Lipinski definition) is 0. The molecule has 0 bridgehead atoms. The van der Waals surface area contributed by atoms with Crippen molar-refractivity contribution in [1.29, 1.82) is 0 Å². The molecule has 0 aromatic heterocycles. The summed E-state index contributed by atoms with van der Waals surface area (Å²) in [5.74, 6) is -8.37. The summed E-state index contributed by atoms with van der Waals surface area (Å²) in [6.07, 6.45) is 0. The van der Waals surface area contributed by atoms with Crippen molar-refractivity contribution >= 4 is 71.6 Å². The predicted octanol–water partition coefficient (Wildman–Crippen LogP) is 19.4. The van der Waals surface area contributed by atoms with E-state index in [2.05, 4.69) is 58.7 Å². The van der Waals surface area contributed by atoms with Gasteiger partial charge in [0.15, 0.2) is 0 Å². The number of rotatable bonds is 12. The van der Waals surface area contributed by atoms with E-state index < -0.39 is 71.6 Å². The maximum atomic E-state index is 11.8. The highest BCUT2D eigenvalue weighted by Crippen LogP contribution is 2.19. The third kappa shape index (κ3) is 30.2. The summed E-state index contributed by atoms with van der Waals surface area (Å²) < 4.78 is 0. The molecule has 0 saturated carbocycles. The van der Waals surface area contributed by atoms with Gasteiger partial charge in [-0.25, -0.2) is 116 Å². The fraction of sp³-hybridized carbons (Fsp3) is 0.125. The molecule has 612 valence electrons. The Hall–Kier alpha value is -15.7. The Bertz CT molecular complexity index is 5420. The van der Waals surface area contributed by atoms with Crippen molar-refractivity contribution in [2.75, 3.05) is 0 Å². The van der Waals surface area contributed by atoms with Gasteiger partial charge in [0.1, 0.15) is 0 Å². The van der Waals surface area contributed by atoms with Crippen molar-refractivity contribution in [2.45, 2.75) is 83.1 Å². The third-order valence-electron chi connectivity index (χ3n) is 16.8. The van der Waals surface area contributed by atoms with Crippen molar-refractivity contribution in [1.82, 2.24) is 0 Å². The van der Waals surface area contributed by atoms with Crippen LogP contribution in [0.4, 0.5) is 0 Å². The minimum Gasteiger partial charge on any atom is -0.242 e. The Morgan fingerprint density at radius 3 is 0.450 bits per heavy atom. The average molecular weight is 1620 g/mol. The van der Waals surface area contributed by atoms with Gasteiger partial charge in [-0.05, 0) is 227 Å². The van der Waals surface area contributed by atoms with Gasteiger partial charge in [-0.3, -0.25) is 0 Å². The lowest BCUT2D eigenvalue weighted by molar-refractivity contribution is -0.187. The van der Waals surface area contributed by atoms with Crippen molar-refractivity contribution in [3.8, 4) is 0 Å². The first-order valence-electron chi connectivity index (χ1n) is 36.8. The highest BCUT2D eigenvalue weighted by atomic mass is 17.2. The summed E-state index contributed by atoms with van der Waals surface area (Å²) >= 11 is 0. The highest BCUT2D eigenvalue weighted by Gasteiger charge is 2.22. The summed E-state index contributed by atoms with van der Waals surface area (Å²) in [6.45, 7) is 22.2. The van der Waals surface area contributed by atoms with Gasteiger partial charge in [-0.15, -0.1) is 0 Å². The second-order valence-electron chi connectivity index (χ2n) is 26.7. The first-order valence-corrected chi connectivity index (χ1v) is 36.8. The molecule has 0 aliphatic heterocycles. The van der Waals surface area contributed by atoms with E-state index in [1.165, 1.54) is 0 Å². The van der Waals surface area contributed by atoms with Crippen LogP contribution in [-0.4, -0.2) is 71.6 Å². The quantitative estimate of drug-likeness (QED) is 0.0810. The van der Waals surface area contributed by atoms with Gasteiger partial charge in [0, 0.05) is 0 Å². The van der Waals surface area contributed by atoms with Crippen LogP contribution in [0.25, 0.3) is 0 Å². The molecule has 24 heteroatoms. The zero-order valence-corrected chi connectivity index (χ0v) is 67.5. The van der Waals surface area contributed by atoms with Crippen molar-refractivity contribution < 1.29 is 116 Å². The van der Waals surface area contributed by atoms with Gasteiger partial charge in [-0.2, -0.15) is 0 Å². The zero-order valence-electron chi connectivity index (χ0n) is 67.5. The molecule has 0 unspecified atom stereocenters. The molecular formula is C96H84O24. The van der Waals surface area contributed by atoms with Gasteiger partial charge in [0.05, 0.1) is 66.8 Å². The Kier molecular flexibility index (Phi) is 35.5. The molecule has 0 spiro atoms. The lowest BCUT2D eigenvalue weighted by Gasteiger charge is -2.06. The first kappa shape index (κ1) is 91.5. The minimum absolute atomic E-state index is 0.326. The third-order valence-corrected chi connectivity index (χ3v) is 16.8. The van der Waals surface area contributed by atoms with Crippen LogP contribution in [0.1, 0.15) is 191 Å². The monoisotopic (exact) mass is 1620 g/mol. The summed E-state index contributed by atoms with van der Waals surface area (Å²) in [4.78, 5) is 195. The molecule has 0 amide bonds. The highest BCUT2D eigenvalue weighted by molar-refractivity contribution is 5.97. The van der Waals surface area contributed by atoms with Gasteiger partial charge < -0.3 is 0 Å². The number of carbonyl (C=O) groups is 12. The van der Waals surface area contributed by atoms with Crippen LogP contribution in [0.15, 0.2) is 291 Å². The SMILES string of the molecule is Cc1ccc(C(=O)OOC(=O)c2ccc(C)cc2)cc1.Cc1ccc(C(=O)OOC(=O)c2cccc(C)c2)cc1.Cc1ccc(C(=O)OOC(=O)c2ccccc2C)cc1.Cc1cccc(C(=O)OOC(=O)c2cccc(C)c2)c1.Cc1cccc(C(=O)OOC(=O)c2ccccc2C)c1.Cc1ccccc1C(=O)OOC(=O)c1ccccc1C. The maximum absolute atomic E-state index is 11.8. The minimum atomic E-state index is -0.703. The predicted molar refractivity (Wildman–Crippen MR) is 439 cm³/mol. The molecular weight excluding hydrogens is 1540 g/mol. The fourth-order valence-electron chi connectivity index (χ4n) is 10.1. The largest absolute Gasteiger partial charge is 0.386 e. The Morgan fingerprint density at radius 2 is 0.292 bits per heavy atom. The van der Waals surface area contributed by atoms with Crippen LogP contribution in [0.2, 0.25) is 0 Å². The second kappa shape index (κ2) is 46.6. The molecule has 0 N–H and O–H groups in total. The van der Waals surface area contributed by atoms with Crippen molar-refractivity contribution in [3.63, 3.8) is 0 Å². The molecule has 0 aliphatic carbocycles. The molecule has 0 radical (unpaired) electrons. The molecule has 0 atom stereocenters. The van der Waals surface area contributed by atoms with E-state index in [9.17, 15) is 57.5 Å². The average Bonchev–Trinajstić information content (AvgIpc) is 0.899. The standard InChI is InChI=1S/6C16H14O4/c1-11-3-7-13(8-4-11)15(17)19-20-16(18)14-9-5-12(2)6-10-14;1-11-5-3-7-13(9-11)15(17)19-20-16(18)14-8-4-6-12(2)10-14;1-11-7-3-5-9-13(11)15(17)19-20-16(18)14-10-6-4-8-12(14)2;1-11-6-5-8-13(10-11)15(17)19-20-16(18)14-9-4-3-7-12(14)2;1-11-6-8-13(9-7-11)15(17)19-20-16(18)14-5-3-4-12(2)10-14;1-11-7-9-13(10-8-11)15(17)19-20-16(18)14-6-4-3-5-12(14)2/h6*3-10H,1-2H3. The lowest BCUT2D eigenvalue weighted by Crippen LogP contribution is -2.13. The maximum Gasteiger partial charge on any atom is 0.386 e. The van der Waals surface area contributed by atoms with Gasteiger partial charge in [0.2, 0.25) is 0 Å². The molecule has 0 fully saturated rings. The van der Waals surface area contributed by atoms with Crippen LogP contribution in [-0.2, 0) is 58.7 Å². The van der Waals surface area contributed by atoms with Crippen LogP contribution < -0.4 is 0 Å². The van der Waals surface area contributed by atoms with E-state index in [-0.39, 0.29) is 0 Å². The van der Waals surface area contributed by atoms with Gasteiger partial charge >= 0.3 is 71.6 Å². The molecule has 0 heterocycles. The number of aryl methyl sites for hydroxylation is 12. The summed E-state index contributed by atoms with van der Waals surface area (Å²) in [7, 11) is 0. The summed E-state index contributed by atoms with van der Waals surface area (Å²) in [6, 6.07) is 82.1. The molecule has 12 rings (SSSR count). The van der Waals surface area contributed by atoms with Crippen LogP contribution in [0.3, 0.4) is 0 Å². The Morgan fingerprint density at radius 1 is 0.142 bits per heavy atom. The van der Waals surface area contributed by atoms with Crippen molar-refractivity contribution in [2.24, 2.45) is 0 Å². The van der Waals surface area contributed by atoms with E-state index in [1.807, 2.05) is 104 Å². The van der Waals surface area contributed by atoms with Crippen LogP contribution in [0, 0.1) is 83.1 Å². The molecule has 12 aromatic rings. The van der Waals surface area contributed by atoms with Gasteiger partial charge in [-0.1, -0.05) is 214 Å². The van der Waals surface area contributed by atoms with Gasteiger partial charge in [0.25, 0.3) is 0 Å². The van der Waals surface area contributed by atoms with Crippen molar-refractivity contribution in [3.05, 3.63) is 425 Å². The Balaban J connectivity index is 0.000000198. The second-order valence-corrected chi connectivity index (χ2v) is 26.7. The molecule has 24 nitrogen and oxygen atoms in total. The summed E-state index contributed by atoms with van der Waals surface area (Å²) in [5, 5.41) is 0. The fourth-order valence-corrected chi connectivity index (χ4v) is 10.1. The normalized spacial score (nSPS) is 9.90. The number of hydrogen-bond acceptors (Lipinski definition) is 24. The molecule has 0 saturated heterocycles. The number of carbonyl (C=O) groups excluding carboxylic acids is 12. The smallest absolute Gasteiger partial charge is 0.242 e. The zero-order chi connectivity index (χ0) is 87.2. The van der Waals surface area contributed by atoms with Crippen LogP contribution >= 0.6 is 0 Å². The molecule has 0 aliphatic rings.